The van der Waals surface area contributed by atoms with Crippen LogP contribution in [0.25, 0.3) is 10.9 Å². The van der Waals surface area contributed by atoms with Gasteiger partial charge in [-0.15, -0.1) is 0 Å². The minimum atomic E-state index is -4.00. The van der Waals surface area contributed by atoms with Gasteiger partial charge in [0, 0.05) is 35.1 Å². The van der Waals surface area contributed by atoms with Crippen LogP contribution in [-0.2, 0) is 23.1 Å². The molecule has 0 amide bonds. The van der Waals surface area contributed by atoms with Crippen molar-refractivity contribution in [1.29, 1.82) is 0 Å². The van der Waals surface area contributed by atoms with Gasteiger partial charge in [-0.2, -0.15) is 4.31 Å². The molecule has 1 N–H and O–H groups in total. The molecule has 0 aliphatic rings. The molecule has 0 saturated carbocycles. The number of methoxy groups -OCH3 is 1. The number of fused-ring (bicyclic) bond motifs is 1. The zero-order chi connectivity index (χ0) is 26.0. The fourth-order valence-electron chi connectivity index (χ4n) is 4.19. The second-order valence-electron chi connectivity index (χ2n) is 8.87. The van der Waals surface area contributed by atoms with Gasteiger partial charge in [0.25, 0.3) is 5.56 Å². The lowest BCUT2D eigenvalue weighted by Crippen LogP contribution is -2.32. The molecule has 1 aromatic heterocycles. The topological polar surface area (TPSA) is 96.5 Å². The molecule has 3 aromatic carbocycles. The fourth-order valence-corrected chi connectivity index (χ4v) is 5.60. The molecule has 36 heavy (non-hydrogen) atoms. The fraction of sp³-hybridized carbons (Fsp3) is 0.214. The van der Waals surface area contributed by atoms with E-state index in [9.17, 15) is 18.0 Å². The summed E-state index contributed by atoms with van der Waals surface area (Å²) in [5, 5.41) is 0.864. The van der Waals surface area contributed by atoms with E-state index >= 15 is 0 Å². The van der Waals surface area contributed by atoms with Gasteiger partial charge in [-0.25, -0.2) is 8.42 Å². The Balaban J connectivity index is 1.78. The summed E-state index contributed by atoms with van der Waals surface area (Å²) in [6.45, 7) is 5.26. The largest absolute Gasteiger partial charge is 0.497 e. The van der Waals surface area contributed by atoms with E-state index < -0.39 is 10.0 Å². The number of aromatic amines is 1. The molecule has 0 aliphatic carbocycles. The predicted molar refractivity (Wildman–Crippen MR) is 140 cm³/mol. The minimum absolute atomic E-state index is 0.0463. The van der Waals surface area contributed by atoms with E-state index in [4.69, 9.17) is 4.74 Å². The SMILES string of the molecule is COc1ccc(CN(Cc2cc3c(C)cc(C)cc3[nH]c2=O)S(=O)(=O)c2ccc(C(C)=O)cc2)cc1. The van der Waals surface area contributed by atoms with Crippen molar-refractivity contribution in [3.63, 3.8) is 0 Å². The smallest absolute Gasteiger partial charge is 0.252 e. The van der Waals surface area contributed by atoms with Gasteiger partial charge in [0.1, 0.15) is 5.75 Å². The lowest BCUT2D eigenvalue weighted by molar-refractivity contribution is 0.101. The number of benzene rings is 3. The molecule has 7 nitrogen and oxygen atoms in total. The van der Waals surface area contributed by atoms with Crippen molar-refractivity contribution in [1.82, 2.24) is 9.29 Å². The van der Waals surface area contributed by atoms with Gasteiger partial charge in [-0.05, 0) is 73.9 Å². The zero-order valence-corrected chi connectivity index (χ0v) is 21.5. The highest BCUT2D eigenvalue weighted by Crippen LogP contribution is 2.24. The summed E-state index contributed by atoms with van der Waals surface area (Å²) in [7, 11) is -2.44. The number of carbonyl (C=O) groups is 1. The molecule has 8 heteroatoms. The molecule has 0 fully saturated rings. The van der Waals surface area contributed by atoms with E-state index in [0.717, 1.165) is 22.1 Å². The Labute approximate surface area is 210 Å². The molecule has 0 bridgehead atoms. The average Bonchev–Trinajstić information content (AvgIpc) is 2.84. The van der Waals surface area contributed by atoms with Gasteiger partial charge in [-0.1, -0.05) is 30.3 Å². The first-order valence-electron chi connectivity index (χ1n) is 11.5. The van der Waals surface area contributed by atoms with E-state index in [1.165, 1.54) is 35.5 Å². The molecule has 0 atom stereocenters. The Hall–Kier alpha value is -3.75. The number of aromatic nitrogens is 1. The highest BCUT2D eigenvalue weighted by atomic mass is 32.2. The van der Waals surface area contributed by atoms with Crippen LogP contribution >= 0.6 is 0 Å². The average molecular weight is 505 g/mol. The van der Waals surface area contributed by atoms with Crippen molar-refractivity contribution < 1.29 is 17.9 Å². The van der Waals surface area contributed by atoms with Gasteiger partial charge >= 0.3 is 0 Å². The number of rotatable bonds is 8. The monoisotopic (exact) mass is 504 g/mol. The van der Waals surface area contributed by atoms with Crippen LogP contribution in [0, 0.1) is 13.8 Å². The summed E-state index contributed by atoms with van der Waals surface area (Å²) < 4.78 is 34.0. The number of ketones is 1. The molecule has 0 spiro atoms. The zero-order valence-electron chi connectivity index (χ0n) is 20.7. The summed E-state index contributed by atoms with van der Waals surface area (Å²) in [5.74, 6) is 0.507. The predicted octanol–water partition coefficient (Wildman–Crippen LogP) is 4.75. The number of ether oxygens (including phenoxy) is 1. The number of Topliss-reactive ketones (excluding diaryl/α,β-unsaturated/α-hetero) is 1. The van der Waals surface area contributed by atoms with Crippen LogP contribution in [0.1, 0.15) is 39.5 Å². The van der Waals surface area contributed by atoms with Crippen molar-refractivity contribution in [3.8, 4) is 5.75 Å². The van der Waals surface area contributed by atoms with Crippen molar-refractivity contribution in [2.75, 3.05) is 7.11 Å². The van der Waals surface area contributed by atoms with E-state index in [-0.39, 0.29) is 29.3 Å². The van der Waals surface area contributed by atoms with Crippen molar-refractivity contribution in [2.24, 2.45) is 0 Å². The van der Waals surface area contributed by atoms with Crippen molar-refractivity contribution in [3.05, 3.63) is 105 Å². The molecule has 0 aliphatic heterocycles. The van der Waals surface area contributed by atoms with Gasteiger partial charge in [0.05, 0.1) is 12.0 Å². The second kappa shape index (κ2) is 10.1. The number of aryl methyl sites for hydroxylation is 2. The van der Waals surface area contributed by atoms with Gasteiger partial charge in [0.2, 0.25) is 10.0 Å². The van der Waals surface area contributed by atoms with Crippen LogP contribution < -0.4 is 10.3 Å². The Bertz CT molecular complexity index is 1590. The van der Waals surface area contributed by atoms with E-state index in [1.54, 1.807) is 37.4 Å². The molecule has 0 unspecified atom stereocenters. The maximum atomic E-state index is 13.7. The number of nitrogens with zero attached hydrogens (tertiary/aromatic N) is 1. The molecule has 4 aromatic rings. The third-order valence-electron chi connectivity index (χ3n) is 6.15. The van der Waals surface area contributed by atoms with Crippen LogP contribution in [0.5, 0.6) is 5.75 Å². The first kappa shape index (κ1) is 25.3. The lowest BCUT2D eigenvalue weighted by Gasteiger charge is -2.23. The van der Waals surface area contributed by atoms with Crippen LogP contribution in [-0.4, -0.2) is 30.6 Å². The minimum Gasteiger partial charge on any atom is -0.497 e. The summed E-state index contributed by atoms with van der Waals surface area (Å²) in [6, 6.07) is 18.6. The van der Waals surface area contributed by atoms with Crippen LogP contribution in [0.4, 0.5) is 0 Å². The molecular formula is C28H28N2O5S. The molecule has 0 radical (unpaired) electrons. The maximum absolute atomic E-state index is 13.7. The number of hydrogen-bond acceptors (Lipinski definition) is 5. The van der Waals surface area contributed by atoms with E-state index in [2.05, 4.69) is 4.98 Å². The third-order valence-corrected chi connectivity index (χ3v) is 7.96. The number of carbonyl (C=O) groups excluding carboxylic acids is 1. The van der Waals surface area contributed by atoms with Crippen molar-refractivity contribution in [2.45, 2.75) is 38.8 Å². The van der Waals surface area contributed by atoms with Gasteiger partial charge in [-0.3, -0.25) is 9.59 Å². The number of hydrogen-bond donors (Lipinski definition) is 1. The van der Waals surface area contributed by atoms with E-state index in [0.29, 0.717) is 22.4 Å². The Morgan fingerprint density at radius 2 is 1.61 bits per heavy atom. The van der Waals surface area contributed by atoms with Gasteiger partial charge < -0.3 is 9.72 Å². The summed E-state index contributed by atoms with van der Waals surface area (Å²) in [4.78, 5) is 27.6. The first-order chi connectivity index (χ1) is 17.1. The Kier molecular flexibility index (Phi) is 7.10. The third kappa shape index (κ3) is 5.24. The Morgan fingerprint density at radius 3 is 2.22 bits per heavy atom. The van der Waals surface area contributed by atoms with Crippen molar-refractivity contribution >= 4 is 26.7 Å². The normalized spacial score (nSPS) is 11.7. The highest BCUT2D eigenvalue weighted by molar-refractivity contribution is 7.89. The summed E-state index contributed by atoms with van der Waals surface area (Å²) in [5.41, 5.74) is 3.90. The number of nitrogens with one attached hydrogen (secondary N) is 1. The van der Waals surface area contributed by atoms with Crippen LogP contribution in [0.2, 0.25) is 0 Å². The Morgan fingerprint density at radius 1 is 0.944 bits per heavy atom. The number of sulfonamides is 1. The second-order valence-corrected chi connectivity index (χ2v) is 10.8. The highest BCUT2D eigenvalue weighted by Gasteiger charge is 2.26. The molecule has 1 heterocycles. The molecular weight excluding hydrogens is 476 g/mol. The first-order valence-corrected chi connectivity index (χ1v) is 12.9. The number of H-pyrrole nitrogens is 1. The van der Waals surface area contributed by atoms with Crippen LogP contribution in [0.15, 0.2) is 76.4 Å². The standard InChI is InChI=1S/C28H28N2O5S/c1-18-13-19(2)26-15-23(28(32)29-27(26)14-18)17-30(16-21-5-9-24(35-4)10-6-21)36(33,34)25-11-7-22(8-12-25)20(3)31/h5-15H,16-17H2,1-4H3,(H,29,32). The summed E-state index contributed by atoms with van der Waals surface area (Å²) in [6.07, 6.45) is 0. The van der Waals surface area contributed by atoms with Gasteiger partial charge in [0.15, 0.2) is 5.78 Å². The summed E-state index contributed by atoms with van der Waals surface area (Å²) >= 11 is 0. The maximum Gasteiger partial charge on any atom is 0.252 e. The molecule has 186 valence electrons. The molecule has 4 rings (SSSR count). The molecule has 0 saturated heterocycles. The van der Waals surface area contributed by atoms with E-state index in [1.807, 2.05) is 26.0 Å². The lowest BCUT2D eigenvalue weighted by atomic mass is 10.0. The number of pyridine rings is 1. The quantitative estimate of drug-likeness (QED) is 0.350. The van der Waals surface area contributed by atoms with Crippen LogP contribution in [0.3, 0.4) is 0 Å².